The summed E-state index contributed by atoms with van der Waals surface area (Å²) in [6.07, 6.45) is 3.61. The second-order valence-corrected chi connectivity index (χ2v) is 12.8. The van der Waals surface area contributed by atoms with Crippen LogP contribution in [0.15, 0.2) is 60.8 Å². The van der Waals surface area contributed by atoms with Gasteiger partial charge in [0.05, 0.1) is 22.5 Å². The molecule has 38 heavy (non-hydrogen) atoms. The van der Waals surface area contributed by atoms with Crippen LogP contribution in [0.25, 0.3) is 32.6 Å². The molecule has 10 heteroatoms. The first-order chi connectivity index (χ1) is 18.2. The van der Waals surface area contributed by atoms with Gasteiger partial charge in [-0.15, -0.1) is 11.3 Å². The number of aryl methyl sites for hydroxylation is 1. The van der Waals surface area contributed by atoms with Gasteiger partial charge in [0.1, 0.15) is 5.01 Å². The number of hydrogen-bond acceptors (Lipinski definition) is 7. The number of pyridine rings is 1. The normalized spacial score (nSPS) is 14.3. The van der Waals surface area contributed by atoms with E-state index in [9.17, 15) is 18.0 Å². The van der Waals surface area contributed by atoms with E-state index in [0.29, 0.717) is 5.52 Å². The summed E-state index contributed by atoms with van der Waals surface area (Å²) in [5.74, 6) is -1.28. The van der Waals surface area contributed by atoms with Crippen LogP contribution in [0.3, 0.4) is 0 Å². The van der Waals surface area contributed by atoms with Crippen molar-refractivity contribution in [3.8, 4) is 22.4 Å². The van der Waals surface area contributed by atoms with E-state index < -0.39 is 21.0 Å². The maximum absolute atomic E-state index is 13.0. The number of sulfone groups is 1. The summed E-state index contributed by atoms with van der Waals surface area (Å²) < 4.78 is 26.7. The molecule has 1 unspecified atom stereocenters. The number of carbonyl (C=O) groups excluding carboxylic acids is 2. The van der Waals surface area contributed by atoms with Crippen LogP contribution < -0.4 is 10.6 Å². The number of aromatic nitrogens is 2. The van der Waals surface area contributed by atoms with Gasteiger partial charge in [0.25, 0.3) is 0 Å². The Labute approximate surface area is 225 Å². The van der Waals surface area contributed by atoms with E-state index in [1.54, 1.807) is 6.20 Å². The molecule has 2 amide bonds. The Hall–Kier alpha value is -3.63. The molecular weight excluding hydrogens is 520 g/mol. The summed E-state index contributed by atoms with van der Waals surface area (Å²) in [6.45, 7) is 3.21. The zero-order valence-corrected chi connectivity index (χ0v) is 22.7. The second kappa shape index (κ2) is 10.6. The maximum atomic E-state index is 13.0. The van der Waals surface area contributed by atoms with E-state index in [1.807, 2.05) is 61.5 Å². The Morgan fingerprint density at radius 3 is 2.47 bits per heavy atom. The first-order valence-electron chi connectivity index (χ1n) is 12.5. The molecule has 5 rings (SSSR count). The average Bonchev–Trinajstić information content (AvgIpc) is 3.64. The van der Waals surface area contributed by atoms with Crippen LogP contribution in [0.5, 0.6) is 0 Å². The summed E-state index contributed by atoms with van der Waals surface area (Å²) in [7, 11) is -3.82. The molecule has 2 aromatic carbocycles. The molecule has 2 heterocycles. The van der Waals surface area contributed by atoms with Crippen molar-refractivity contribution in [2.24, 2.45) is 0 Å². The molecule has 1 saturated carbocycles. The SMILES string of the molecule is CCS(=O)(=O)C(C(=O)NCC(=O)NC1CC1)c1nc2cc(C)c(-c3ccc(-c4ccccn4)cc3)cc2s1. The van der Waals surface area contributed by atoms with Crippen molar-refractivity contribution in [1.29, 1.82) is 0 Å². The van der Waals surface area contributed by atoms with Crippen molar-refractivity contribution in [3.05, 3.63) is 71.4 Å². The summed E-state index contributed by atoms with van der Waals surface area (Å²) in [4.78, 5) is 34.0. The second-order valence-electron chi connectivity index (χ2n) is 9.37. The van der Waals surface area contributed by atoms with Crippen molar-refractivity contribution < 1.29 is 18.0 Å². The van der Waals surface area contributed by atoms with Crippen LogP contribution in [0.2, 0.25) is 0 Å². The minimum Gasteiger partial charge on any atom is -0.352 e. The number of carbonyl (C=O) groups is 2. The summed E-state index contributed by atoms with van der Waals surface area (Å²) in [5, 5.41) is 4.01. The van der Waals surface area contributed by atoms with E-state index in [4.69, 9.17) is 0 Å². The van der Waals surface area contributed by atoms with Gasteiger partial charge in [-0.1, -0.05) is 37.3 Å². The van der Waals surface area contributed by atoms with Gasteiger partial charge in [-0.25, -0.2) is 13.4 Å². The van der Waals surface area contributed by atoms with Gasteiger partial charge in [0, 0.05) is 23.6 Å². The lowest BCUT2D eigenvalue weighted by atomic mass is 9.98. The van der Waals surface area contributed by atoms with E-state index in [-0.39, 0.29) is 29.3 Å². The van der Waals surface area contributed by atoms with Gasteiger partial charge in [0.2, 0.25) is 11.8 Å². The van der Waals surface area contributed by atoms with Crippen LogP contribution in [-0.4, -0.2) is 48.5 Å². The van der Waals surface area contributed by atoms with Gasteiger partial charge in [-0.05, 0) is 60.7 Å². The van der Waals surface area contributed by atoms with Gasteiger partial charge < -0.3 is 10.6 Å². The Balaban J connectivity index is 1.43. The third-order valence-electron chi connectivity index (χ3n) is 6.50. The quantitative estimate of drug-likeness (QED) is 0.324. The number of fused-ring (bicyclic) bond motifs is 1. The molecule has 2 N–H and O–H groups in total. The lowest BCUT2D eigenvalue weighted by molar-refractivity contribution is -0.126. The minimum absolute atomic E-state index is 0.155. The fraction of sp³-hybridized carbons (Fsp3) is 0.286. The molecular formula is C28H28N4O4S2. The average molecular weight is 549 g/mol. The highest BCUT2D eigenvalue weighted by Gasteiger charge is 2.36. The summed E-state index contributed by atoms with van der Waals surface area (Å²) in [5.41, 5.74) is 5.53. The van der Waals surface area contributed by atoms with Crippen LogP contribution in [0.4, 0.5) is 0 Å². The van der Waals surface area contributed by atoms with E-state index in [1.165, 1.54) is 18.3 Å². The van der Waals surface area contributed by atoms with E-state index >= 15 is 0 Å². The molecule has 8 nitrogen and oxygen atoms in total. The minimum atomic E-state index is -3.82. The fourth-order valence-electron chi connectivity index (χ4n) is 4.24. The molecule has 1 aliphatic rings. The van der Waals surface area contributed by atoms with Crippen LogP contribution in [-0.2, 0) is 19.4 Å². The molecule has 0 radical (unpaired) electrons. The summed E-state index contributed by atoms with van der Waals surface area (Å²) >= 11 is 1.19. The Bertz CT molecular complexity index is 1600. The van der Waals surface area contributed by atoms with Crippen molar-refractivity contribution in [1.82, 2.24) is 20.6 Å². The Morgan fingerprint density at radius 2 is 1.82 bits per heavy atom. The predicted molar refractivity (Wildman–Crippen MR) is 149 cm³/mol. The van der Waals surface area contributed by atoms with E-state index in [2.05, 4.69) is 20.6 Å². The smallest absolute Gasteiger partial charge is 0.245 e. The van der Waals surface area contributed by atoms with Crippen molar-refractivity contribution in [2.45, 2.75) is 38.0 Å². The molecule has 4 aromatic rings. The molecule has 2 aromatic heterocycles. The van der Waals surface area contributed by atoms with Crippen molar-refractivity contribution >= 4 is 43.2 Å². The predicted octanol–water partition coefficient (Wildman–Crippen LogP) is 4.20. The third-order valence-corrected chi connectivity index (χ3v) is 9.69. The van der Waals surface area contributed by atoms with Gasteiger partial charge >= 0.3 is 0 Å². The number of thiazole rings is 1. The number of hydrogen-bond donors (Lipinski definition) is 2. The number of nitrogens with one attached hydrogen (secondary N) is 2. The third kappa shape index (κ3) is 5.61. The number of rotatable bonds is 9. The highest BCUT2D eigenvalue weighted by molar-refractivity contribution is 7.92. The molecule has 0 spiro atoms. The highest BCUT2D eigenvalue weighted by Crippen LogP contribution is 2.36. The molecule has 1 fully saturated rings. The lowest BCUT2D eigenvalue weighted by Gasteiger charge is -2.14. The number of benzene rings is 2. The van der Waals surface area contributed by atoms with Gasteiger partial charge in [-0.3, -0.25) is 14.6 Å². The standard InChI is InChI=1S/C28H28N4O4S2/c1-3-38(35,36)26(27(34)30-16-25(33)31-20-11-12-20)28-32-23-14-17(2)21(15-24(23)37-28)18-7-9-19(10-8-18)22-6-4-5-13-29-22/h4-10,13-15,20,26H,3,11-12,16H2,1-2H3,(H,30,34)(H,31,33). The van der Waals surface area contributed by atoms with Gasteiger partial charge in [0.15, 0.2) is 15.1 Å². The Kier molecular flexibility index (Phi) is 7.27. The topological polar surface area (TPSA) is 118 Å². The van der Waals surface area contributed by atoms with Gasteiger partial charge in [-0.2, -0.15) is 0 Å². The van der Waals surface area contributed by atoms with Crippen LogP contribution in [0.1, 0.15) is 35.6 Å². The van der Waals surface area contributed by atoms with Crippen LogP contribution in [0, 0.1) is 6.92 Å². The van der Waals surface area contributed by atoms with Crippen LogP contribution >= 0.6 is 11.3 Å². The zero-order chi connectivity index (χ0) is 26.9. The Morgan fingerprint density at radius 1 is 1.08 bits per heavy atom. The molecule has 0 bridgehead atoms. The molecule has 196 valence electrons. The highest BCUT2D eigenvalue weighted by atomic mass is 32.2. The largest absolute Gasteiger partial charge is 0.352 e. The fourth-order valence-corrected chi connectivity index (χ4v) is 6.89. The van der Waals surface area contributed by atoms with E-state index in [0.717, 1.165) is 45.5 Å². The molecule has 1 atom stereocenters. The zero-order valence-electron chi connectivity index (χ0n) is 21.1. The summed E-state index contributed by atoms with van der Waals surface area (Å²) in [6, 6.07) is 17.9. The van der Waals surface area contributed by atoms with Crippen molar-refractivity contribution in [3.63, 3.8) is 0 Å². The first-order valence-corrected chi connectivity index (χ1v) is 15.0. The lowest BCUT2D eigenvalue weighted by Crippen LogP contribution is -2.41. The molecule has 0 saturated heterocycles. The first kappa shape index (κ1) is 26.0. The van der Waals surface area contributed by atoms with Crippen molar-refractivity contribution in [2.75, 3.05) is 12.3 Å². The number of amides is 2. The number of nitrogens with zero attached hydrogens (tertiary/aromatic N) is 2. The molecule has 1 aliphatic carbocycles. The molecule has 0 aliphatic heterocycles. The monoisotopic (exact) mass is 548 g/mol. The maximum Gasteiger partial charge on any atom is 0.245 e.